The molecule has 6 nitrogen and oxygen atoms in total. The number of thiazole rings is 1. The molecule has 2 aliphatic carbocycles. The van der Waals surface area contributed by atoms with Crippen LogP contribution in [0.3, 0.4) is 0 Å². The maximum Gasteiger partial charge on any atom is 0.324 e. The third-order valence-electron chi connectivity index (χ3n) is 5.74. The minimum atomic E-state index is -0.719. The minimum absolute atomic E-state index is 0.0967. The Kier molecular flexibility index (Phi) is 6.40. The van der Waals surface area contributed by atoms with Crippen molar-refractivity contribution in [3.8, 4) is 0 Å². The van der Waals surface area contributed by atoms with E-state index in [0.717, 1.165) is 38.5 Å². The zero-order valence-electron chi connectivity index (χ0n) is 15.0. The van der Waals surface area contributed by atoms with Crippen LogP contribution in [0.15, 0.2) is 6.20 Å². The van der Waals surface area contributed by atoms with Crippen LogP contribution < -0.4 is 5.32 Å². The Hall–Kier alpha value is -1.34. The summed E-state index contributed by atoms with van der Waals surface area (Å²) in [6.07, 6.45) is 8.56. The first-order valence-electron chi connectivity index (χ1n) is 9.37. The number of rotatable bonds is 4. The molecule has 8 heteroatoms. The molecule has 0 atom stereocenters. The number of carbonyl (C=O) groups excluding carboxylic acids is 1. The first-order valence-corrected chi connectivity index (χ1v) is 10.6. The lowest BCUT2D eigenvalue weighted by molar-refractivity contribution is -0.143. The van der Waals surface area contributed by atoms with Crippen molar-refractivity contribution < 1.29 is 14.7 Å². The molecule has 0 unspecified atom stereocenters. The summed E-state index contributed by atoms with van der Waals surface area (Å²) in [4.78, 5) is 30.4. The summed E-state index contributed by atoms with van der Waals surface area (Å²) < 4.78 is 0.542. The van der Waals surface area contributed by atoms with Crippen LogP contribution in [0.25, 0.3) is 0 Å². The lowest BCUT2D eigenvalue weighted by atomic mass is 9.82. The number of aromatic nitrogens is 1. The third kappa shape index (κ3) is 4.68. The lowest BCUT2D eigenvalue weighted by Gasteiger charge is -2.43. The van der Waals surface area contributed by atoms with Crippen LogP contribution in [-0.2, 0) is 4.79 Å². The second-order valence-corrected chi connectivity index (χ2v) is 9.23. The average Bonchev–Trinajstić information content (AvgIpc) is 3.02. The number of halogens is 1. The highest BCUT2D eigenvalue weighted by atomic mass is 35.5. The molecule has 2 fully saturated rings. The van der Waals surface area contributed by atoms with Gasteiger partial charge < -0.3 is 10.0 Å². The van der Waals surface area contributed by atoms with Gasteiger partial charge in [0.1, 0.15) is 4.34 Å². The van der Waals surface area contributed by atoms with Crippen LogP contribution in [0.1, 0.15) is 58.3 Å². The van der Waals surface area contributed by atoms with Crippen molar-refractivity contribution in [1.29, 1.82) is 0 Å². The molecule has 26 heavy (non-hydrogen) atoms. The maximum absolute atomic E-state index is 13.0. The Labute approximate surface area is 162 Å². The molecule has 1 aromatic rings. The monoisotopic (exact) mass is 399 g/mol. The first-order chi connectivity index (χ1) is 12.4. The number of nitrogens with zero attached hydrogens (tertiary/aromatic N) is 2. The van der Waals surface area contributed by atoms with Gasteiger partial charge in [0.05, 0.1) is 12.1 Å². The summed E-state index contributed by atoms with van der Waals surface area (Å²) in [5, 5.41) is 12.6. The van der Waals surface area contributed by atoms with Crippen molar-refractivity contribution >= 4 is 40.1 Å². The van der Waals surface area contributed by atoms with Crippen LogP contribution in [0.5, 0.6) is 0 Å². The number of aliphatic carboxylic acids is 1. The molecule has 0 aromatic carbocycles. The van der Waals surface area contributed by atoms with Crippen molar-refractivity contribution in [3.63, 3.8) is 0 Å². The highest BCUT2D eigenvalue weighted by Crippen LogP contribution is 2.34. The topological polar surface area (TPSA) is 82.5 Å². The summed E-state index contributed by atoms with van der Waals surface area (Å²) in [7, 11) is 0. The van der Waals surface area contributed by atoms with Gasteiger partial charge in [-0.3, -0.25) is 10.1 Å². The zero-order valence-corrected chi connectivity index (χ0v) is 16.6. The SMILES string of the molecule is CC1CCC(N(C(=O)Nc2ncc(Cl)s2)C2CCC(C(=O)O)CC2)CC1. The van der Waals surface area contributed by atoms with E-state index in [0.29, 0.717) is 28.2 Å². The zero-order chi connectivity index (χ0) is 18.7. The highest BCUT2D eigenvalue weighted by molar-refractivity contribution is 7.19. The number of carbonyl (C=O) groups is 2. The van der Waals surface area contributed by atoms with Gasteiger partial charge in [0.25, 0.3) is 0 Å². The summed E-state index contributed by atoms with van der Waals surface area (Å²) >= 11 is 7.17. The molecule has 1 aromatic heterocycles. The van der Waals surface area contributed by atoms with Crippen molar-refractivity contribution in [2.45, 2.75) is 70.4 Å². The molecule has 0 bridgehead atoms. The number of urea groups is 1. The second kappa shape index (κ2) is 8.57. The van der Waals surface area contributed by atoms with Gasteiger partial charge in [0.2, 0.25) is 0 Å². The number of hydrogen-bond acceptors (Lipinski definition) is 4. The predicted molar refractivity (Wildman–Crippen MR) is 103 cm³/mol. The van der Waals surface area contributed by atoms with Crippen molar-refractivity contribution in [1.82, 2.24) is 9.88 Å². The van der Waals surface area contributed by atoms with Gasteiger partial charge >= 0.3 is 12.0 Å². The number of nitrogens with one attached hydrogen (secondary N) is 1. The van der Waals surface area contributed by atoms with E-state index in [4.69, 9.17) is 11.6 Å². The van der Waals surface area contributed by atoms with E-state index in [9.17, 15) is 14.7 Å². The van der Waals surface area contributed by atoms with Crippen LogP contribution in [0.4, 0.5) is 9.93 Å². The molecule has 144 valence electrons. The molecule has 3 rings (SSSR count). The average molecular weight is 400 g/mol. The fourth-order valence-electron chi connectivity index (χ4n) is 4.22. The summed E-state index contributed by atoms with van der Waals surface area (Å²) in [6.45, 7) is 2.26. The van der Waals surface area contributed by atoms with Crippen molar-refractivity contribution in [2.24, 2.45) is 11.8 Å². The van der Waals surface area contributed by atoms with Gasteiger partial charge in [0, 0.05) is 12.1 Å². The largest absolute Gasteiger partial charge is 0.481 e. The summed E-state index contributed by atoms with van der Waals surface area (Å²) in [5.74, 6) is -0.291. The number of hydrogen-bond donors (Lipinski definition) is 2. The normalized spacial score (nSPS) is 29.2. The molecule has 2 amide bonds. The quantitative estimate of drug-likeness (QED) is 0.757. The smallest absolute Gasteiger partial charge is 0.324 e. The van der Waals surface area contributed by atoms with Crippen LogP contribution in [-0.4, -0.2) is 39.1 Å². The highest BCUT2D eigenvalue weighted by Gasteiger charge is 2.36. The molecular weight excluding hydrogens is 374 g/mol. The van der Waals surface area contributed by atoms with Gasteiger partial charge in [-0.15, -0.1) is 0 Å². The molecule has 1 heterocycles. The third-order valence-corrected chi connectivity index (χ3v) is 6.77. The van der Waals surface area contributed by atoms with E-state index < -0.39 is 5.97 Å². The summed E-state index contributed by atoms with van der Waals surface area (Å²) in [6, 6.07) is 0.182. The van der Waals surface area contributed by atoms with Gasteiger partial charge in [0.15, 0.2) is 5.13 Å². The minimum Gasteiger partial charge on any atom is -0.481 e. The molecule has 0 aliphatic heterocycles. The molecule has 0 saturated heterocycles. The van der Waals surface area contributed by atoms with E-state index >= 15 is 0 Å². The van der Waals surface area contributed by atoms with Crippen LogP contribution in [0.2, 0.25) is 4.34 Å². The molecule has 2 aliphatic rings. The fraction of sp³-hybridized carbons (Fsp3) is 0.722. The Morgan fingerprint density at radius 1 is 1.15 bits per heavy atom. The molecular formula is C18H26ClN3O3S. The lowest BCUT2D eigenvalue weighted by Crippen LogP contribution is -2.51. The fourth-order valence-corrected chi connectivity index (χ4v) is 5.02. The van der Waals surface area contributed by atoms with Gasteiger partial charge in [-0.2, -0.15) is 0 Å². The number of anilines is 1. The molecule has 0 radical (unpaired) electrons. The van der Waals surface area contributed by atoms with E-state index in [1.165, 1.54) is 17.5 Å². The van der Waals surface area contributed by atoms with E-state index in [1.807, 2.05) is 4.90 Å². The number of carboxylic acid groups (broad SMARTS) is 1. The van der Waals surface area contributed by atoms with Crippen molar-refractivity contribution in [2.75, 3.05) is 5.32 Å². The standard InChI is InChI=1S/C18H26ClN3O3S/c1-11-2-6-13(7-3-11)22(14-8-4-12(5-9-14)16(23)24)18(25)21-17-20-10-15(19)26-17/h10-14H,2-9H2,1H3,(H,23,24)(H,20,21,25). The van der Waals surface area contributed by atoms with E-state index in [-0.39, 0.29) is 24.0 Å². The Morgan fingerprint density at radius 2 is 1.73 bits per heavy atom. The van der Waals surface area contributed by atoms with Gasteiger partial charge in [-0.1, -0.05) is 29.9 Å². The molecule has 0 spiro atoms. The molecule has 2 saturated carbocycles. The Balaban J connectivity index is 1.71. The number of carboxylic acids is 1. The second-order valence-electron chi connectivity index (χ2n) is 7.56. The van der Waals surface area contributed by atoms with Gasteiger partial charge in [-0.05, 0) is 57.3 Å². The molecule has 2 N–H and O–H groups in total. The van der Waals surface area contributed by atoms with E-state index in [2.05, 4.69) is 17.2 Å². The first kappa shape index (κ1) is 19.4. The maximum atomic E-state index is 13.0. The summed E-state index contributed by atoms with van der Waals surface area (Å²) in [5.41, 5.74) is 0. The number of amides is 2. The Bertz CT molecular complexity index is 637. The van der Waals surface area contributed by atoms with Crippen LogP contribution in [0, 0.1) is 11.8 Å². The van der Waals surface area contributed by atoms with Gasteiger partial charge in [-0.25, -0.2) is 9.78 Å². The van der Waals surface area contributed by atoms with Crippen molar-refractivity contribution in [3.05, 3.63) is 10.5 Å². The van der Waals surface area contributed by atoms with Crippen LogP contribution >= 0.6 is 22.9 Å². The Morgan fingerprint density at radius 3 is 2.23 bits per heavy atom. The predicted octanol–water partition coefficient (Wildman–Crippen LogP) is 4.85. The van der Waals surface area contributed by atoms with E-state index in [1.54, 1.807) is 0 Å².